The number of benzene rings is 3. The van der Waals surface area contributed by atoms with E-state index in [4.69, 9.17) is 0 Å². The van der Waals surface area contributed by atoms with Gasteiger partial charge >= 0.3 is 135 Å². The molecule has 0 aliphatic rings. The Morgan fingerprint density at radius 1 is 0.545 bits per heavy atom. The van der Waals surface area contributed by atoms with Crippen LogP contribution in [0.15, 0.2) is 91.0 Å². The molecule has 0 aliphatic carbocycles. The predicted octanol–water partition coefficient (Wildman–Crippen LogP) is 2.15. The molecule has 111 valence electrons. The fraction of sp³-hybridized carbons (Fsp3) is 0.100. The van der Waals surface area contributed by atoms with Gasteiger partial charge in [-0.15, -0.1) is 0 Å². The van der Waals surface area contributed by atoms with Gasteiger partial charge in [-0.2, -0.15) is 0 Å². The molecule has 0 bridgehead atoms. The van der Waals surface area contributed by atoms with Gasteiger partial charge in [-0.05, 0) is 0 Å². The van der Waals surface area contributed by atoms with Gasteiger partial charge in [-0.3, -0.25) is 0 Å². The molecule has 0 fully saturated rings. The summed E-state index contributed by atoms with van der Waals surface area (Å²) in [4.78, 5) is 0. The molecule has 0 saturated carbocycles. The quantitative estimate of drug-likeness (QED) is 0.699. The zero-order valence-corrected chi connectivity index (χ0v) is 14.3. The Labute approximate surface area is 134 Å². The third-order valence-electron chi connectivity index (χ3n) is 4.03. The second kappa shape index (κ2) is 6.96. The number of rotatable bonds is 5. The molecule has 0 unspecified atom stereocenters. The van der Waals surface area contributed by atoms with Gasteiger partial charge < -0.3 is 0 Å². The van der Waals surface area contributed by atoms with Gasteiger partial charge in [0.25, 0.3) is 0 Å². The molecule has 22 heavy (non-hydrogen) atoms. The summed E-state index contributed by atoms with van der Waals surface area (Å²) in [6, 6.07) is 32.2. The second-order valence-corrected chi connectivity index (χ2v) is 12.9. The van der Waals surface area contributed by atoms with Crippen molar-refractivity contribution in [1.82, 2.24) is 0 Å². The Hall–Kier alpha value is -1.82. The average Bonchev–Trinajstić information content (AvgIpc) is 2.62. The molecule has 0 atom stereocenters. The maximum absolute atomic E-state index is 9.83. The van der Waals surface area contributed by atoms with Crippen molar-refractivity contribution in [2.24, 2.45) is 0 Å². The van der Waals surface area contributed by atoms with E-state index in [2.05, 4.69) is 91.0 Å². The first kappa shape index (κ1) is 15.1. The first-order valence-corrected chi connectivity index (χ1v) is 11.7. The fourth-order valence-corrected chi connectivity index (χ4v) is 11.5. The fourth-order valence-electron chi connectivity index (χ4n) is 3.03. The Balaban J connectivity index is 2.29. The third-order valence-corrected chi connectivity index (χ3v) is 13.3. The summed E-state index contributed by atoms with van der Waals surface area (Å²) in [7, 11) is 0. The van der Waals surface area contributed by atoms with Gasteiger partial charge in [0, 0.05) is 0 Å². The molecular weight excluding hydrogens is 331 g/mol. The third kappa shape index (κ3) is 2.75. The van der Waals surface area contributed by atoms with Gasteiger partial charge in [-0.1, -0.05) is 0 Å². The molecule has 0 spiro atoms. The minimum absolute atomic E-state index is 0.214. The molecular formula is C20H20AsO. The average molecular weight is 351 g/mol. The topological polar surface area (TPSA) is 20.2 Å². The molecule has 3 aromatic carbocycles. The molecule has 2 heteroatoms. The second-order valence-electron chi connectivity index (χ2n) is 5.26. The normalized spacial score (nSPS) is 11.3. The molecule has 1 N–H and O–H groups in total. The van der Waals surface area contributed by atoms with Crippen LogP contribution in [-0.4, -0.2) is 25.3 Å². The van der Waals surface area contributed by atoms with E-state index in [-0.39, 0.29) is 6.61 Å². The molecule has 1 radical (unpaired) electrons. The van der Waals surface area contributed by atoms with E-state index in [9.17, 15) is 5.11 Å². The van der Waals surface area contributed by atoms with Crippen molar-refractivity contribution in [3.8, 4) is 0 Å². The summed E-state index contributed by atoms with van der Waals surface area (Å²) in [6.07, 6.45) is 0. The van der Waals surface area contributed by atoms with Crippen molar-refractivity contribution < 1.29 is 5.11 Å². The molecule has 0 aromatic heterocycles. The molecule has 1 nitrogen and oxygen atoms in total. The molecule has 3 rings (SSSR count). The summed E-state index contributed by atoms with van der Waals surface area (Å²) < 4.78 is 4.14. The van der Waals surface area contributed by atoms with Crippen LogP contribution in [0.5, 0.6) is 0 Å². The van der Waals surface area contributed by atoms with E-state index in [1.165, 1.54) is 13.1 Å². The summed E-state index contributed by atoms with van der Waals surface area (Å²) in [5.41, 5.74) is 0. The maximum atomic E-state index is 9.83. The monoisotopic (exact) mass is 351 g/mol. The minimum atomic E-state index is -2.61. The number of hydrogen-bond donors (Lipinski definition) is 1. The van der Waals surface area contributed by atoms with Crippen LogP contribution >= 0.6 is 0 Å². The van der Waals surface area contributed by atoms with Crippen molar-refractivity contribution in [2.75, 3.05) is 6.61 Å². The predicted molar refractivity (Wildman–Crippen MR) is 95.9 cm³/mol. The molecule has 0 heterocycles. The van der Waals surface area contributed by atoms with Gasteiger partial charge in [-0.25, -0.2) is 0 Å². The number of aliphatic hydroxyl groups is 1. The molecule has 0 saturated heterocycles. The summed E-state index contributed by atoms with van der Waals surface area (Å²) in [6.45, 7) is 0.214. The van der Waals surface area contributed by atoms with Gasteiger partial charge in [0.1, 0.15) is 0 Å². The van der Waals surface area contributed by atoms with Crippen molar-refractivity contribution in [2.45, 2.75) is 5.21 Å². The summed E-state index contributed by atoms with van der Waals surface area (Å²) in [5.74, 6) is 0. The SMILES string of the molecule is OCC[As](c1ccccc1)(c1ccccc1)c1ccccc1. The van der Waals surface area contributed by atoms with E-state index in [0.717, 1.165) is 5.21 Å². The molecule has 3 aromatic rings. The van der Waals surface area contributed by atoms with Gasteiger partial charge in [0.05, 0.1) is 0 Å². The van der Waals surface area contributed by atoms with Crippen LogP contribution in [0, 0.1) is 0 Å². The number of aliphatic hydroxyl groups excluding tert-OH is 1. The van der Waals surface area contributed by atoms with E-state index in [1.807, 2.05) is 0 Å². The van der Waals surface area contributed by atoms with Crippen molar-refractivity contribution in [3.05, 3.63) is 91.0 Å². The van der Waals surface area contributed by atoms with Crippen LogP contribution < -0.4 is 13.1 Å². The van der Waals surface area contributed by atoms with E-state index >= 15 is 0 Å². The summed E-state index contributed by atoms with van der Waals surface area (Å²) in [5, 5.41) is 10.7. The van der Waals surface area contributed by atoms with E-state index < -0.39 is 13.6 Å². The van der Waals surface area contributed by atoms with E-state index in [0.29, 0.717) is 0 Å². The zero-order chi connectivity index (χ0) is 15.3. The van der Waals surface area contributed by atoms with Gasteiger partial charge in [0.2, 0.25) is 0 Å². The Kier molecular flexibility index (Phi) is 4.77. The van der Waals surface area contributed by atoms with Crippen molar-refractivity contribution in [1.29, 1.82) is 0 Å². The Morgan fingerprint density at radius 2 is 0.864 bits per heavy atom. The standard InChI is InChI=1S/C20H20AsO/c22-17-16-21(18-10-4-1-5-11-18,19-12-6-2-7-13-19)20-14-8-3-9-15-20/h1-15,22H,16-17H2. The first-order chi connectivity index (χ1) is 10.9. The Bertz CT molecular complexity index is 599. The van der Waals surface area contributed by atoms with Crippen LogP contribution in [0.2, 0.25) is 5.21 Å². The van der Waals surface area contributed by atoms with E-state index in [1.54, 1.807) is 0 Å². The zero-order valence-electron chi connectivity index (χ0n) is 12.5. The molecule has 0 aliphatic heterocycles. The van der Waals surface area contributed by atoms with Crippen LogP contribution in [0.25, 0.3) is 0 Å². The van der Waals surface area contributed by atoms with Crippen LogP contribution in [0.1, 0.15) is 0 Å². The Morgan fingerprint density at radius 3 is 1.14 bits per heavy atom. The van der Waals surface area contributed by atoms with Crippen LogP contribution in [-0.2, 0) is 0 Å². The molecule has 0 amide bonds. The van der Waals surface area contributed by atoms with Crippen molar-refractivity contribution >= 4 is 26.6 Å². The van der Waals surface area contributed by atoms with Crippen LogP contribution in [0.3, 0.4) is 0 Å². The summed E-state index contributed by atoms with van der Waals surface area (Å²) >= 11 is -2.61. The first-order valence-electron chi connectivity index (χ1n) is 7.54. The van der Waals surface area contributed by atoms with Crippen LogP contribution in [0.4, 0.5) is 0 Å². The van der Waals surface area contributed by atoms with Crippen molar-refractivity contribution in [3.63, 3.8) is 0 Å². The van der Waals surface area contributed by atoms with Gasteiger partial charge in [0.15, 0.2) is 0 Å². The number of hydrogen-bond acceptors (Lipinski definition) is 1.